The number of benzene rings is 2. The maximum Gasteiger partial charge on any atom is 0.329 e. The van der Waals surface area contributed by atoms with Crippen LogP contribution in [0.15, 0.2) is 54.2 Å². The first kappa shape index (κ1) is 21.9. The van der Waals surface area contributed by atoms with Crippen molar-refractivity contribution in [1.82, 2.24) is 15.1 Å². The highest BCUT2D eigenvalue weighted by molar-refractivity contribution is 6.30. The summed E-state index contributed by atoms with van der Waals surface area (Å²) in [6.07, 6.45) is 1.60. The van der Waals surface area contributed by atoms with Crippen molar-refractivity contribution in [3.05, 3.63) is 70.4 Å². The highest BCUT2D eigenvalue weighted by atomic mass is 35.5. The fourth-order valence-corrected chi connectivity index (χ4v) is 3.49. The fraction of sp³-hybridized carbons (Fsp3) is 0.261. The highest BCUT2D eigenvalue weighted by Gasteiger charge is 2.33. The molecule has 166 valence electrons. The van der Waals surface area contributed by atoms with Gasteiger partial charge in [-0.15, -0.1) is 0 Å². The van der Waals surface area contributed by atoms with E-state index in [9.17, 15) is 14.4 Å². The van der Waals surface area contributed by atoms with Gasteiger partial charge in [-0.2, -0.15) is 0 Å². The molecule has 2 aromatic rings. The van der Waals surface area contributed by atoms with E-state index >= 15 is 0 Å². The van der Waals surface area contributed by atoms with Gasteiger partial charge in [-0.05, 0) is 41.5 Å². The highest BCUT2D eigenvalue weighted by Crippen LogP contribution is 2.20. The van der Waals surface area contributed by atoms with Crippen LogP contribution in [0.25, 0.3) is 6.08 Å². The SMILES string of the molecule is O=C(COc1ccc(/C=C2\NC(=O)N(Cc3ccc(Cl)cc3)C2=O)cc1)N1CCOCC1. The first-order valence-electron chi connectivity index (χ1n) is 10.2. The number of nitrogens with zero attached hydrogens (tertiary/aromatic N) is 2. The molecule has 9 heteroatoms. The molecule has 2 saturated heterocycles. The van der Waals surface area contributed by atoms with Gasteiger partial charge in [0.2, 0.25) is 0 Å². The zero-order valence-electron chi connectivity index (χ0n) is 17.3. The summed E-state index contributed by atoms with van der Waals surface area (Å²) in [4.78, 5) is 39.9. The molecule has 8 nitrogen and oxygen atoms in total. The molecule has 0 radical (unpaired) electrons. The van der Waals surface area contributed by atoms with Crippen molar-refractivity contribution in [3.8, 4) is 5.75 Å². The van der Waals surface area contributed by atoms with E-state index in [1.807, 2.05) is 0 Å². The number of carbonyl (C=O) groups is 3. The third-order valence-electron chi connectivity index (χ3n) is 5.13. The summed E-state index contributed by atoms with van der Waals surface area (Å²) in [5.41, 5.74) is 1.71. The maximum absolute atomic E-state index is 12.7. The van der Waals surface area contributed by atoms with Crippen molar-refractivity contribution >= 4 is 35.5 Å². The van der Waals surface area contributed by atoms with Gasteiger partial charge >= 0.3 is 6.03 Å². The molecule has 0 aromatic heterocycles. The summed E-state index contributed by atoms with van der Waals surface area (Å²) >= 11 is 5.88. The molecule has 0 unspecified atom stereocenters. The number of carbonyl (C=O) groups excluding carboxylic acids is 3. The lowest BCUT2D eigenvalue weighted by atomic mass is 10.1. The number of hydrogen-bond acceptors (Lipinski definition) is 5. The summed E-state index contributed by atoms with van der Waals surface area (Å²) in [6.45, 7) is 2.34. The van der Waals surface area contributed by atoms with Gasteiger partial charge in [-0.25, -0.2) is 4.79 Å². The Labute approximate surface area is 190 Å². The Bertz CT molecular complexity index is 1030. The average Bonchev–Trinajstić information content (AvgIpc) is 3.07. The average molecular weight is 456 g/mol. The standard InChI is InChI=1S/C23H22ClN3O5/c24-18-5-1-17(2-6-18)14-27-22(29)20(25-23(27)30)13-16-3-7-19(8-4-16)32-15-21(28)26-9-11-31-12-10-26/h1-8,13H,9-12,14-15H2,(H,25,30)/b20-13-. The van der Waals surface area contributed by atoms with Gasteiger partial charge in [0.25, 0.3) is 11.8 Å². The monoisotopic (exact) mass is 455 g/mol. The number of ether oxygens (including phenoxy) is 2. The lowest BCUT2D eigenvalue weighted by molar-refractivity contribution is -0.137. The third-order valence-corrected chi connectivity index (χ3v) is 5.39. The molecule has 0 saturated carbocycles. The second-order valence-corrected chi connectivity index (χ2v) is 7.79. The second kappa shape index (κ2) is 9.84. The van der Waals surface area contributed by atoms with E-state index in [1.165, 1.54) is 0 Å². The Kier molecular flexibility index (Phi) is 6.72. The molecular formula is C23H22ClN3O5. The Balaban J connectivity index is 1.35. The number of imide groups is 1. The van der Waals surface area contributed by atoms with E-state index in [-0.39, 0.29) is 24.8 Å². The first-order chi connectivity index (χ1) is 15.5. The number of urea groups is 1. The van der Waals surface area contributed by atoms with Crippen LogP contribution in [-0.2, 0) is 20.9 Å². The molecule has 0 spiro atoms. The van der Waals surface area contributed by atoms with Crippen molar-refractivity contribution < 1.29 is 23.9 Å². The van der Waals surface area contributed by atoms with Crippen LogP contribution in [-0.4, -0.2) is 60.6 Å². The number of amides is 4. The molecule has 2 aromatic carbocycles. The quantitative estimate of drug-likeness (QED) is 0.534. The molecule has 2 fully saturated rings. The molecule has 2 aliphatic heterocycles. The van der Waals surface area contributed by atoms with E-state index in [0.717, 1.165) is 10.5 Å². The molecule has 0 aliphatic carbocycles. The van der Waals surface area contributed by atoms with Gasteiger partial charge in [0.05, 0.1) is 19.8 Å². The van der Waals surface area contributed by atoms with E-state index in [2.05, 4.69) is 5.32 Å². The predicted molar refractivity (Wildman–Crippen MR) is 118 cm³/mol. The van der Waals surface area contributed by atoms with Gasteiger partial charge < -0.3 is 19.7 Å². The van der Waals surface area contributed by atoms with Crippen LogP contribution in [0.1, 0.15) is 11.1 Å². The Morgan fingerprint density at radius 2 is 1.75 bits per heavy atom. The van der Waals surface area contributed by atoms with Crippen molar-refractivity contribution in [1.29, 1.82) is 0 Å². The number of nitrogens with one attached hydrogen (secondary N) is 1. The predicted octanol–water partition coefficient (Wildman–Crippen LogP) is 2.67. The minimum Gasteiger partial charge on any atom is -0.484 e. The molecule has 0 atom stereocenters. The third kappa shape index (κ3) is 5.27. The Hall–Kier alpha value is -3.36. The van der Waals surface area contributed by atoms with Crippen LogP contribution >= 0.6 is 11.6 Å². The van der Waals surface area contributed by atoms with Crippen molar-refractivity contribution in [2.45, 2.75) is 6.54 Å². The maximum atomic E-state index is 12.7. The Morgan fingerprint density at radius 3 is 2.44 bits per heavy atom. The van der Waals surface area contributed by atoms with E-state index in [4.69, 9.17) is 21.1 Å². The molecule has 2 heterocycles. The normalized spacial score (nSPS) is 17.6. The van der Waals surface area contributed by atoms with Crippen molar-refractivity contribution in [3.63, 3.8) is 0 Å². The minimum absolute atomic E-state index is 0.0470. The summed E-state index contributed by atoms with van der Waals surface area (Å²) < 4.78 is 10.8. The Morgan fingerprint density at radius 1 is 1.06 bits per heavy atom. The zero-order chi connectivity index (χ0) is 22.5. The molecule has 1 N–H and O–H groups in total. The van der Waals surface area contributed by atoms with Crippen LogP contribution in [0, 0.1) is 0 Å². The number of hydrogen-bond donors (Lipinski definition) is 1. The van der Waals surface area contributed by atoms with Crippen LogP contribution in [0.5, 0.6) is 5.75 Å². The van der Waals surface area contributed by atoms with Crippen LogP contribution in [0.2, 0.25) is 5.02 Å². The molecule has 4 amide bonds. The summed E-state index contributed by atoms with van der Waals surface area (Å²) in [5, 5.41) is 3.19. The van der Waals surface area contributed by atoms with Crippen LogP contribution in [0.4, 0.5) is 4.79 Å². The van der Waals surface area contributed by atoms with Gasteiger partial charge in [0.15, 0.2) is 6.61 Å². The largest absolute Gasteiger partial charge is 0.484 e. The molecular weight excluding hydrogens is 434 g/mol. The zero-order valence-corrected chi connectivity index (χ0v) is 18.0. The van der Waals surface area contributed by atoms with Crippen LogP contribution in [0.3, 0.4) is 0 Å². The smallest absolute Gasteiger partial charge is 0.329 e. The summed E-state index contributed by atoms with van der Waals surface area (Å²) in [6, 6.07) is 13.4. The van der Waals surface area contributed by atoms with Gasteiger partial charge in [-0.3, -0.25) is 14.5 Å². The second-order valence-electron chi connectivity index (χ2n) is 7.36. The van der Waals surface area contributed by atoms with E-state index < -0.39 is 11.9 Å². The number of morpholine rings is 1. The molecule has 32 heavy (non-hydrogen) atoms. The van der Waals surface area contributed by atoms with Crippen LogP contribution < -0.4 is 10.1 Å². The summed E-state index contributed by atoms with van der Waals surface area (Å²) in [7, 11) is 0. The lowest BCUT2D eigenvalue weighted by Crippen LogP contribution is -2.42. The molecule has 4 rings (SSSR count). The fourth-order valence-electron chi connectivity index (χ4n) is 3.36. The molecule has 0 bridgehead atoms. The molecule has 2 aliphatic rings. The van der Waals surface area contributed by atoms with E-state index in [0.29, 0.717) is 42.6 Å². The topological polar surface area (TPSA) is 88.2 Å². The van der Waals surface area contributed by atoms with Gasteiger partial charge in [-0.1, -0.05) is 35.9 Å². The number of halogens is 1. The number of rotatable bonds is 6. The van der Waals surface area contributed by atoms with Crippen molar-refractivity contribution in [2.75, 3.05) is 32.9 Å². The minimum atomic E-state index is -0.474. The summed E-state index contributed by atoms with van der Waals surface area (Å²) in [5.74, 6) is 0.0563. The van der Waals surface area contributed by atoms with E-state index in [1.54, 1.807) is 59.5 Å². The lowest BCUT2D eigenvalue weighted by Gasteiger charge is -2.26. The van der Waals surface area contributed by atoms with Crippen molar-refractivity contribution in [2.24, 2.45) is 0 Å². The first-order valence-corrected chi connectivity index (χ1v) is 10.5. The van der Waals surface area contributed by atoms with Gasteiger partial charge in [0, 0.05) is 18.1 Å². The van der Waals surface area contributed by atoms with Gasteiger partial charge in [0.1, 0.15) is 11.4 Å².